The first-order valence-electron chi connectivity index (χ1n) is 13.5. The van der Waals surface area contributed by atoms with Gasteiger partial charge in [-0.3, -0.25) is 14.3 Å². The summed E-state index contributed by atoms with van der Waals surface area (Å²) in [7, 11) is 0. The Labute approximate surface area is 225 Å². The largest absolute Gasteiger partial charge is 0.416 e. The van der Waals surface area contributed by atoms with Gasteiger partial charge >= 0.3 is 6.18 Å². The van der Waals surface area contributed by atoms with Gasteiger partial charge < -0.3 is 15.0 Å². The van der Waals surface area contributed by atoms with Gasteiger partial charge in [0.1, 0.15) is 0 Å². The molecule has 1 N–H and O–H groups in total. The highest BCUT2D eigenvalue weighted by atomic mass is 19.4. The molecule has 5 rings (SSSR count). The second-order valence-electron chi connectivity index (χ2n) is 10.6. The maximum Gasteiger partial charge on any atom is 0.416 e. The lowest BCUT2D eigenvalue weighted by Crippen LogP contribution is -2.39. The number of hydrogen-bond donors (Lipinski definition) is 1. The zero-order chi connectivity index (χ0) is 27.6. The number of aryl methyl sites for hydroxylation is 1. The van der Waals surface area contributed by atoms with Gasteiger partial charge in [0, 0.05) is 55.5 Å². The number of carbonyl (C=O) groups is 2. The van der Waals surface area contributed by atoms with Crippen molar-refractivity contribution in [3.63, 3.8) is 0 Å². The fourth-order valence-corrected chi connectivity index (χ4v) is 5.05. The normalized spacial score (nSPS) is 16.6. The summed E-state index contributed by atoms with van der Waals surface area (Å²) in [6, 6.07) is 8.05. The molecule has 0 atom stereocenters. The quantitative estimate of drug-likeness (QED) is 0.383. The molecule has 1 saturated heterocycles. The van der Waals surface area contributed by atoms with Crippen molar-refractivity contribution in [1.29, 1.82) is 0 Å². The number of carbonyl (C=O) groups excluding carboxylic acids is 2. The minimum absolute atomic E-state index is 0.123. The molecule has 0 bridgehead atoms. The van der Waals surface area contributed by atoms with E-state index in [0.717, 1.165) is 48.0 Å². The van der Waals surface area contributed by atoms with E-state index in [1.807, 2.05) is 23.9 Å². The summed E-state index contributed by atoms with van der Waals surface area (Å²) in [5, 5.41) is 8.56. The van der Waals surface area contributed by atoms with Crippen molar-refractivity contribution in [2.45, 2.75) is 45.3 Å². The van der Waals surface area contributed by atoms with E-state index in [0.29, 0.717) is 50.2 Å². The topological polar surface area (TPSA) is 76.5 Å². The van der Waals surface area contributed by atoms with E-state index in [1.54, 1.807) is 11.0 Å². The first-order chi connectivity index (χ1) is 18.7. The second-order valence-corrected chi connectivity index (χ2v) is 10.6. The number of fused-ring (bicyclic) bond motifs is 1. The molecule has 3 aromatic rings. The number of halogens is 3. The molecule has 2 heterocycles. The Hall–Kier alpha value is -3.40. The zero-order valence-corrected chi connectivity index (χ0v) is 22.0. The Bertz CT molecular complexity index is 1320. The standard InChI is InChI=1S/C29H33F3N4O3/c1-19-24(27(37)33-12-15-39-18-21-2-3-21)8-9-26-25(19)17-36(34-26)16-20-10-13-35(14-11-20)28(38)22-4-6-23(7-5-22)29(30,31)32/h4-9,17,20-21H,2-3,10-16,18H2,1H3,(H,33,37). The van der Waals surface area contributed by atoms with Gasteiger partial charge in [0.2, 0.25) is 0 Å². The number of aromatic nitrogens is 2. The van der Waals surface area contributed by atoms with Gasteiger partial charge in [-0.1, -0.05) is 0 Å². The van der Waals surface area contributed by atoms with Gasteiger partial charge in [-0.2, -0.15) is 18.3 Å². The van der Waals surface area contributed by atoms with Gasteiger partial charge in [0.15, 0.2) is 0 Å². The van der Waals surface area contributed by atoms with Crippen LogP contribution in [0.3, 0.4) is 0 Å². The summed E-state index contributed by atoms with van der Waals surface area (Å²) in [5.41, 5.74) is 1.83. The number of benzene rings is 2. The van der Waals surface area contributed by atoms with E-state index in [2.05, 4.69) is 5.32 Å². The molecule has 1 saturated carbocycles. The van der Waals surface area contributed by atoms with E-state index in [-0.39, 0.29) is 17.4 Å². The number of nitrogens with one attached hydrogen (secondary N) is 1. The predicted molar refractivity (Wildman–Crippen MR) is 140 cm³/mol. The number of ether oxygens (including phenoxy) is 1. The third kappa shape index (κ3) is 6.61. The van der Waals surface area contributed by atoms with Crippen molar-refractivity contribution in [2.75, 3.05) is 32.8 Å². The van der Waals surface area contributed by atoms with Gasteiger partial charge in [0.05, 0.1) is 17.7 Å². The highest BCUT2D eigenvalue weighted by Gasteiger charge is 2.31. The lowest BCUT2D eigenvalue weighted by Gasteiger charge is -2.32. The average molecular weight is 543 g/mol. The molecular weight excluding hydrogens is 509 g/mol. The summed E-state index contributed by atoms with van der Waals surface area (Å²) in [6.07, 6.45) is 1.58. The Morgan fingerprint density at radius 1 is 1.03 bits per heavy atom. The van der Waals surface area contributed by atoms with Crippen LogP contribution < -0.4 is 5.32 Å². The van der Waals surface area contributed by atoms with E-state index < -0.39 is 11.7 Å². The lowest BCUT2D eigenvalue weighted by molar-refractivity contribution is -0.137. The summed E-state index contributed by atoms with van der Waals surface area (Å²) >= 11 is 0. The van der Waals surface area contributed by atoms with Gasteiger partial charge in [-0.05, 0) is 86.4 Å². The van der Waals surface area contributed by atoms with Crippen LogP contribution in [0, 0.1) is 18.8 Å². The Balaban J connectivity index is 1.13. The third-order valence-corrected chi connectivity index (χ3v) is 7.64. The molecular formula is C29H33F3N4O3. The second kappa shape index (κ2) is 11.4. The van der Waals surface area contributed by atoms with Crippen LogP contribution in [0.15, 0.2) is 42.6 Å². The summed E-state index contributed by atoms with van der Waals surface area (Å²) in [5.74, 6) is 0.643. The zero-order valence-electron chi connectivity index (χ0n) is 22.0. The predicted octanol–water partition coefficient (Wildman–Crippen LogP) is 5.07. The number of nitrogens with zero attached hydrogens (tertiary/aromatic N) is 3. The van der Waals surface area contributed by atoms with Crippen LogP contribution in [0.5, 0.6) is 0 Å². The lowest BCUT2D eigenvalue weighted by atomic mass is 9.96. The molecule has 1 aromatic heterocycles. The smallest absolute Gasteiger partial charge is 0.379 e. The molecule has 0 spiro atoms. The van der Waals surface area contributed by atoms with Crippen LogP contribution in [-0.4, -0.2) is 59.3 Å². The van der Waals surface area contributed by atoms with Gasteiger partial charge in [-0.15, -0.1) is 0 Å². The van der Waals surface area contributed by atoms with Gasteiger partial charge in [-0.25, -0.2) is 0 Å². The molecule has 10 heteroatoms. The SMILES string of the molecule is Cc1c(C(=O)NCCOCC2CC2)ccc2nn(CC3CCN(C(=O)c4ccc(C(F)(F)F)cc4)CC3)cc12. The molecule has 2 aliphatic rings. The summed E-state index contributed by atoms with van der Waals surface area (Å²) in [4.78, 5) is 27.2. The molecule has 1 aliphatic heterocycles. The Kier molecular flexibility index (Phi) is 7.93. The molecule has 7 nitrogen and oxygen atoms in total. The Morgan fingerprint density at radius 3 is 2.41 bits per heavy atom. The monoisotopic (exact) mass is 542 g/mol. The summed E-state index contributed by atoms with van der Waals surface area (Å²) in [6.45, 7) is 5.46. The molecule has 0 unspecified atom stereocenters. The van der Waals surface area contributed by atoms with Crippen molar-refractivity contribution >= 4 is 22.7 Å². The number of piperidine rings is 1. The molecule has 0 radical (unpaired) electrons. The van der Waals surface area contributed by atoms with E-state index in [1.165, 1.54) is 25.0 Å². The third-order valence-electron chi connectivity index (χ3n) is 7.64. The van der Waals surface area contributed by atoms with Crippen molar-refractivity contribution in [3.05, 3.63) is 64.8 Å². The van der Waals surface area contributed by atoms with Crippen molar-refractivity contribution in [3.8, 4) is 0 Å². The fraction of sp³-hybridized carbons (Fsp3) is 0.483. The average Bonchev–Trinajstić information content (AvgIpc) is 3.65. The maximum atomic E-state index is 12.8. The number of rotatable bonds is 9. The van der Waals surface area contributed by atoms with Crippen LogP contribution in [0.25, 0.3) is 10.9 Å². The molecule has 1 aliphatic carbocycles. The van der Waals surface area contributed by atoms with E-state index >= 15 is 0 Å². The molecule has 2 amide bonds. The maximum absolute atomic E-state index is 12.8. The number of likely N-dealkylation sites (tertiary alicyclic amines) is 1. The van der Waals surface area contributed by atoms with Crippen molar-refractivity contribution in [1.82, 2.24) is 20.0 Å². The van der Waals surface area contributed by atoms with Crippen LogP contribution in [-0.2, 0) is 17.5 Å². The molecule has 2 fully saturated rings. The number of alkyl halides is 3. The molecule has 2 aromatic carbocycles. The van der Waals surface area contributed by atoms with Crippen molar-refractivity contribution in [2.24, 2.45) is 11.8 Å². The van der Waals surface area contributed by atoms with E-state index in [9.17, 15) is 22.8 Å². The van der Waals surface area contributed by atoms with Crippen molar-refractivity contribution < 1.29 is 27.5 Å². The fourth-order valence-electron chi connectivity index (χ4n) is 5.05. The van der Waals surface area contributed by atoms with Gasteiger partial charge in [0.25, 0.3) is 11.8 Å². The minimum atomic E-state index is -4.42. The van der Waals surface area contributed by atoms with Crippen LogP contribution in [0.1, 0.15) is 57.5 Å². The highest BCUT2D eigenvalue weighted by molar-refractivity contribution is 6.00. The Morgan fingerprint density at radius 2 is 1.74 bits per heavy atom. The van der Waals surface area contributed by atoms with Crippen LogP contribution in [0.2, 0.25) is 0 Å². The van der Waals surface area contributed by atoms with Crippen LogP contribution in [0.4, 0.5) is 13.2 Å². The van der Waals surface area contributed by atoms with E-state index in [4.69, 9.17) is 9.84 Å². The molecule has 39 heavy (non-hydrogen) atoms. The highest BCUT2D eigenvalue weighted by Crippen LogP contribution is 2.30. The minimum Gasteiger partial charge on any atom is -0.379 e. The number of hydrogen-bond acceptors (Lipinski definition) is 4. The first kappa shape index (κ1) is 27.2. The summed E-state index contributed by atoms with van der Waals surface area (Å²) < 4.78 is 45.9. The van der Waals surface area contributed by atoms with Crippen LogP contribution >= 0.6 is 0 Å². The first-order valence-corrected chi connectivity index (χ1v) is 13.5. The number of amides is 2. The molecule has 208 valence electrons.